The van der Waals surface area contributed by atoms with Crippen LogP contribution >= 0.6 is 0 Å². The quantitative estimate of drug-likeness (QED) is 0.357. The highest BCUT2D eigenvalue weighted by Crippen LogP contribution is 2.21. The van der Waals surface area contributed by atoms with Crippen LogP contribution in [0.1, 0.15) is 43.2 Å². The predicted octanol–water partition coefficient (Wildman–Crippen LogP) is 1.66. The predicted molar refractivity (Wildman–Crippen MR) is 142 cm³/mol. The van der Waals surface area contributed by atoms with Crippen LogP contribution in [0.5, 0.6) is 0 Å². The van der Waals surface area contributed by atoms with Crippen molar-refractivity contribution in [2.45, 2.75) is 69.1 Å². The summed E-state index contributed by atoms with van der Waals surface area (Å²) in [7, 11) is 0. The van der Waals surface area contributed by atoms with E-state index in [1.54, 1.807) is 4.90 Å². The highest BCUT2D eigenvalue weighted by molar-refractivity contribution is 5.91. The van der Waals surface area contributed by atoms with E-state index in [-0.39, 0.29) is 30.7 Å². The zero-order valence-electron chi connectivity index (χ0n) is 21.5. The Balaban J connectivity index is 1.42. The number of likely N-dealkylation sites (tertiary alicyclic amines) is 1. The minimum atomic E-state index is -1.12. The lowest BCUT2D eigenvalue weighted by molar-refractivity contribution is -0.142. The van der Waals surface area contributed by atoms with Gasteiger partial charge in [0.2, 0.25) is 17.7 Å². The number of aliphatic carboxylic acids is 1. The van der Waals surface area contributed by atoms with E-state index in [4.69, 9.17) is 0 Å². The first-order valence-corrected chi connectivity index (χ1v) is 13.3. The molecule has 0 unspecified atom stereocenters. The number of nitrogens with one attached hydrogen (secondary N) is 3. The first-order valence-electron chi connectivity index (χ1n) is 13.3. The van der Waals surface area contributed by atoms with Crippen LogP contribution in [0, 0.1) is 0 Å². The van der Waals surface area contributed by atoms with E-state index in [1.807, 2.05) is 60.7 Å². The molecule has 0 radical (unpaired) electrons. The number of hydrogen-bond donors (Lipinski definition) is 4. The summed E-state index contributed by atoms with van der Waals surface area (Å²) in [5.74, 6) is -1.89. The summed E-state index contributed by atoms with van der Waals surface area (Å²) < 4.78 is 0. The average molecular weight is 521 g/mol. The number of hydrogen-bond acceptors (Lipinski definition) is 5. The number of carboxylic acids is 1. The van der Waals surface area contributed by atoms with Gasteiger partial charge < -0.3 is 26.0 Å². The third-order valence-corrected chi connectivity index (χ3v) is 7.22. The fraction of sp³-hybridized carbons (Fsp3) is 0.448. The monoisotopic (exact) mass is 520 g/mol. The Hall–Kier alpha value is -3.72. The van der Waals surface area contributed by atoms with Gasteiger partial charge in [0.05, 0.1) is 6.04 Å². The van der Waals surface area contributed by atoms with Crippen molar-refractivity contribution in [1.29, 1.82) is 0 Å². The van der Waals surface area contributed by atoms with Gasteiger partial charge in [0.1, 0.15) is 12.1 Å². The Morgan fingerprint density at radius 1 is 0.895 bits per heavy atom. The van der Waals surface area contributed by atoms with Gasteiger partial charge in [-0.25, -0.2) is 4.79 Å². The second-order valence-electron chi connectivity index (χ2n) is 10.1. The van der Waals surface area contributed by atoms with Gasteiger partial charge in [0.15, 0.2) is 0 Å². The molecule has 0 saturated carbocycles. The molecule has 0 bridgehead atoms. The first-order chi connectivity index (χ1) is 18.4. The molecular weight excluding hydrogens is 484 g/mol. The summed E-state index contributed by atoms with van der Waals surface area (Å²) in [6.45, 7) is 1.34. The Kier molecular flexibility index (Phi) is 9.48. The van der Waals surface area contributed by atoms with Crippen molar-refractivity contribution in [2.24, 2.45) is 0 Å². The van der Waals surface area contributed by atoms with E-state index in [2.05, 4.69) is 16.0 Å². The lowest BCUT2D eigenvalue weighted by Crippen LogP contribution is -2.53. The fourth-order valence-electron chi connectivity index (χ4n) is 5.30. The topological polar surface area (TPSA) is 128 Å². The van der Waals surface area contributed by atoms with E-state index in [0.29, 0.717) is 19.4 Å². The Labute approximate surface area is 223 Å². The molecule has 2 aliphatic heterocycles. The molecule has 9 heteroatoms. The molecule has 2 heterocycles. The van der Waals surface area contributed by atoms with Crippen molar-refractivity contribution in [2.75, 3.05) is 13.1 Å². The highest BCUT2D eigenvalue weighted by Gasteiger charge is 2.38. The van der Waals surface area contributed by atoms with Crippen molar-refractivity contribution in [3.63, 3.8) is 0 Å². The second kappa shape index (κ2) is 13.2. The van der Waals surface area contributed by atoms with Crippen molar-refractivity contribution in [1.82, 2.24) is 20.9 Å². The third-order valence-electron chi connectivity index (χ3n) is 7.22. The Bertz CT molecular complexity index is 1100. The van der Waals surface area contributed by atoms with Crippen molar-refractivity contribution in [3.05, 3.63) is 71.8 Å². The van der Waals surface area contributed by atoms with E-state index in [0.717, 1.165) is 36.9 Å². The molecule has 0 aliphatic carbocycles. The highest BCUT2D eigenvalue weighted by atomic mass is 16.4. The van der Waals surface area contributed by atoms with Gasteiger partial charge in [0, 0.05) is 25.4 Å². The van der Waals surface area contributed by atoms with Crippen LogP contribution < -0.4 is 16.0 Å². The van der Waals surface area contributed by atoms with Crippen LogP contribution in [-0.2, 0) is 32.0 Å². The molecule has 3 amide bonds. The maximum atomic E-state index is 13.4. The first kappa shape index (κ1) is 27.3. The molecule has 2 aromatic rings. The largest absolute Gasteiger partial charge is 0.480 e. The molecule has 2 aromatic carbocycles. The van der Waals surface area contributed by atoms with Gasteiger partial charge in [0.25, 0.3) is 0 Å². The number of amides is 3. The number of carbonyl (C=O) groups excluding carboxylic acids is 3. The molecule has 4 atom stereocenters. The third kappa shape index (κ3) is 7.41. The summed E-state index contributed by atoms with van der Waals surface area (Å²) in [6.07, 6.45) is 3.52. The van der Waals surface area contributed by atoms with Crippen molar-refractivity contribution < 1.29 is 24.3 Å². The van der Waals surface area contributed by atoms with Crippen molar-refractivity contribution in [3.8, 4) is 0 Å². The molecule has 2 fully saturated rings. The number of rotatable bonds is 11. The SMILES string of the molecule is O=C(C[C@H](Cc1ccccc1)NC(=O)[C@H]1CCCN1C(=O)[C@H]1CCCN1)N[C@@H](Cc1ccccc1)C(=O)O. The molecule has 38 heavy (non-hydrogen) atoms. The molecule has 0 aromatic heterocycles. The Morgan fingerprint density at radius 2 is 1.55 bits per heavy atom. The van der Waals surface area contributed by atoms with E-state index in [9.17, 15) is 24.3 Å². The molecule has 2 aliphatic rings. The average Bonchev–Trinajstić information content (AvgIpc) is 3.62. The minimum absolute atomic E-state index is 0.0392. The normalized spacial score (nSPS) is 20.5. The maximum absolute atomic E-state index is 13.4. The molecule has 0 spiro atoms. The van der Waals surface area contributed by atoms with Gasteiger partial charge in [-0.1, -0.05) is 60.7 Å². The maximum Gasteiger partial charge on any atom is 0.326 e. The van der Waals surface area contributed by atoms with Crippen LogP contribution in [0.25, 0.3) is 0 Å². The van der Waals surface area contributed by atoms with Gasteiger partial charge >= 0.3 is 5.97 Å². The number of benzene rings is 2. The molecule has 9 nitrogen and oxygen atoms in total. The van der Waals surface area contributed by atoms with Gasteiger partial charge in [-0.15, -0.1) is 0 Å². The summed E-state index contributed by atoms with van der Waals surface area (Å²) in [5.41, 5.74) is 1.75. The molecule has 4 rings (SSSR count). The van der Waals surface area contributed by atoms with Crippen molar-refractivity contribution >= 4 is 23.7 Å². The van der Waals surface area contributed by atoms with E-state index in [1.165, 1.54) is 0 Å². The molecule has 202 valence electrons. The number of carbonyl (C=O) groups is 4. The summed E-state index contributed by atoms with van der Waals surface area (Å²) in [6, 6.07) is 16.2. The van der Waals surface area contributed by atoms with E-state index < -0.39 is 30.0 Å². The lowest BCUT2D eigenvalue weighted by Gasteiger charge is -2.28. The number of nitrogens with zero attached hydrogens (tertiary/aromatic N) is 1. The van der Waals surface area contributed by atoms with Crippen LogP contribution in [0.4, 0.5) is 0 Å². The summed E-state index contributed by atoms with van der Waals surface area (Å²) in [4.78, 5) is 52.9. The Morgan fingerprint density at radius 3 is 2.16 bits per heavy atom. The molecular formula is C29H36N4O5. The van der Waals surface area contributed by atoms with Crippen LogP contribution in [-0.4, -0.2) is 71.0 Å². The molecule has 2 saturated heterocycles. The van der Waals surface area contributed by atoms with Crippen LogP contribution in [0.3, 0.4) is 0 Å². The van der Waals surface area contributed by atoms with Gasteiger partial charge in [-0.3, -0.25) is 14.4 Å². The van der Waals surface area contributed by atoms with Gasteiger partial charge in [-0.05, 0) is 49.8 Å². The summed E-state index contributed by atoms with van der Waals surface area (Å²) >= 11 is 0. The zero-order valence-corrected chi connectivity index (χ0v) is 21.5. The minimum Gasteiger partial charge on any atom is -0.480 e. The van der Waals surface area contributed by atoms with E-state index >= 15 is 0 Å². The standard InChI is InChI=1S/C29H36N4O5/c34-26(32-24(29(37)38)18-21-11-5-2-6-12-21)19-22(17-20-9-3-1-4-10-20)31-27(35)25-14-8-16-33(25)28(36)23-13-7-15-30-23/h1-6,9-12,22-25,30H,7-8,13-19H2,(H,31,35)(H,32,34)(H,37,38)/t22-,23+,24-,25+/m0/s1. The summed E-state index contributed by atoms with van der Waals surface area (Å²) in [5, 5.41) is 18.5. The van der Waals surface area contributed by atoms with Crippen LogP contribution in [0.2, 0.25) is 0 Å². The molecule has 4 N–H and O–H groups in total. The smallest absolute Gasteiger partial charge is 0.326 e. The zero-order chi connectivity index (χ0) is 26.9. The lowest BCUT2D eigenvalue weighted by atomic mass is 10.0. The van der Waals surface area contributed by atoms with Gasteiger partial charge in [-0.2, -0.15) is 0 Å². The number of carboxylic acid groups (broad SMARTS) is 1. The second-order valence-corrected chi connectivity index (χ2v) is 10.1. The van der Waals surface area contributed by atoms with Crippen LogP contribution in [0.15, 0.2) is 60.7 Å². The fourth-order valence-corrected chi connectivity index (χ4v) is 5.30.